The molecule has 3 aromatic rings. The summed E-state index contributed by atoms with van der Waals surface area (Å²) < 4.78 is 13.4. The highest BCUT2D eigenvalue weighted by molar-refractivity contribution is 5.30. The molecule has 0 atom stereocenters. The first-order valence-electron chi connectivity index (χ1n) is 10.1. The van der Waals surface area contributed by atoms with Crippen LogP contribution in [0.15, 0.2) is 47.5 Å². The maximum atomic E-state index is 5.81. The van der Waals surface area contributed by atoms with Gasteiger partial charge in [-0.05, 0) is 31.5 Å². The van der Waals surface area contributed by atoms with E-state index in [2.05, 4.69) is 30.4 Å². The molecule has 154 valence electrons. The van der Waals surface area contributed by atoms with Crippen LogP contribution in [0.4, 0.5) is 5.95 Å². The monoisotopic (exact) mass is 396 g/mol. The molecule has 0 saturated carbocycles. The zero-order valence-corrected chi connectivity index (χ0v) is 16.9. The van der Waals surface area contributed by atoms with Crippen LogP contribution in [0.3, 0.4) is 0 Å². The van der Waals surface area contributed by atoms with Crippen molar-refractivity contribution in [1.29, 1.82) is 0 Å². The average molecular weight is 396 g/mol. The third-order valence-corrected chi connectivity index (χ3v) is 5.01. The van der Waals surface area contributed by atoms with Gasteiger partial charge in [0, 0.05) is 51.3 Å². The van der Waals surface area contributed by atoms with Crippen molar-refractivity contribution in [3.05, 3.63) is 60.3 Å². The highest BCUT2D eigenvalue weighted by Gasteiger charge is 2.16. The minimum atomic E-state index is 0.728. The first-order valence-corrected chi connectivity index (χ1v) is 10.1. The SMILES string of the molecule is Cc1ccc(CN(CCCn2ccnc2)Cc2ccnc(N3CCOCC3)n2)o1. The van der Waals surface area contributed by atoms with E-state index in [4.69, 9.17) is 14.1 Å². The third kappa shape index (κ3) is 5.65. The van der Waals surface area contributed by atoms with Crippen molar-refractivity contribution >= 4 is 5.95 Å². The summed E-state index contributed by atoms with van der Waals surface area (Å²) in [4.78, 5) is 18.0. The molecule has 0 spiro atoms. The van der Waals surface area contributed by atoms with E-state index in [0.29, 0.717) is 0 Å². The number of nitrogens with zero attached hydrogens (tertiary/aromatic N) is 6. The van der Waals surface area contributed by atoms with Crippen LogP contribution >= 0.6 is 0 Å². The van der Waals surface area contributed by atoms with E-state index in [0.717, 1.165) is 82.1 Å². The number of rotatable bonds is 9. The lowest BCUT2D eigenvalue weighted by Gasteiger charge is -2.27. The predicted octanol–water partition coefficient (Wildman–Crippen LogP) is 2.50. The van der Waals surface area contributed by atoms with Crippen LogP contribution in [0.5, 0.6) is 0 Å². The van der Waals surface area contributed by atoms with E-state index in [1.807, 2.05) is 44.0 Å². The average Bonchev–Trinajstić information content (AvgIpc) is 3.41. The van der Waals surface area contributed by atoms with Gasteiger partial charge < -0.3 is 18.6 Å². The molecule has 1 saturated heterocycles. The Balaban J connectivity index is 1.42. The summed E-state index contributed by atoms with van der Waals surface area (Å²) >= 11 is 0. The van der Waals surface area contributed by atoms with Crippen molar-refractivity contribution < 1.29 is 9.15 Å². The Bertz CT molecular complexity index is 873. The molecule has 0 N–H and O–H groups in total. The number of aryl methyl sites for hydroxylation is 2. The minimum Gasteiger partial charge on any atom is -0.465 e. The highest BCUT2D eigenvalue weighted by atomic mass is 16.5. The highest BCUT2D eigenvalue weighted by Crippen LogP contribution is 2.15. The number of furan rings is 1. The number of hydrogen-bond donors (Lipinski definition) is 0. The van der Waals surface area contributed by atoms with Gasteiger partial charge in [-0.15, -0.1) is 0 Å². The lowest BCUT2D eigenvalue weighted by atomic mass is 10.3. The second kappa shape index (κ2) is 9.67. The van der Waals surface area contributed by atoms with Crippen molar-refractivity contribution in [1.82, 2.24) is 24.4 Å². The van der Waals surface area contributed by atoms with Crippen molar-refractivity contribution in [2.45, 2.75) is 33.0 Å². The smallest absolute Gasteiger partial charge is 0.225 e. The number of ether oxygens (including phenoxy) is 1. The quantitative estimate of drug-likeness (QED) is 0.550. The van der Waals surface area contributed by atoms with Gasteiger partial charge in [0.25, 0.3) is 0 Å². The summed E-state index contributed by atoms with van der Waals surface area (Å²) in [7, 11) is 0. The second-order valence-electron chi connectivity index (χ2n) is 7.32. The number of aromatic nitrogens is 4. The van der Waals surface area contributed by atoms with Gasteiger partial charge in [-0.2, -0.15) is 0 Å². The van der Waals surface area contributed by atoms with E-state index in [-0.39, 0.29) is 0 Å². The Morgan fingerprint density at radius 3 is 2.76 bits per heavy atom. The topological polar surface area (TPSA) is 72.5 Å². The number of hydrogen-bond acceptors (Lipinski definition) is 7. The fourth-order valence-corrected chi connectivity index (χ4v) is 3.52. The molecular weight excluding hydrogens is 368 g/mol. The van der Waals surface area contributed by atoms with Gasteiger partial charge in [0.1, 0.15) is 11.5 Å². The lowest BCUT2D eigenvalue weighted by molar-refractivity contribution is 0.122. The summed E-state index contributed by atoms with van der Waals surface area (Å²) in [6.45, 7) is 8.50. The molecule has 1 aliphatic rings. The molecule has 8 nitrogen and oxygen atoms in total. The van der Waals surface area contributed by atoms with Crippen LogP contribution in [0.2, 0.25) is 0 Å². The normalized spacial score (nSPS) is 14.6. The summed E-state index contributed by atoms with van der Waals surface area (Å²) in [5.74, 6) is 2.71. The van der Waals surface area contributed by atoms with Gasteiger partial charge in [0.05, 0.1) is 31.8 Å². The molecule has 29 heavy (non-hydrogen) atoms. The van der Waals surface area contributed by atoms with E-state index in [1.54, 1.807) is 0 Å². The number of anilines is 1. The summed E-state index contributed by atoms with van der Waals surface area (Å²) in [6.07, 6.45) is 8.56. The molecule has 4 heterocycles. The van der Waals surface area contributed by atoms with E-state index < -0.39 is 0 Å². The van der Waals surface area contributed by atoms with Crippen LogP contribution < -0.4 is 4.90 Å². The molecule has 8 heteroatoms. The molecule has 0 bridgehead atoms. The van der Waals surface area contributed by atoms with E-state index >= 15 is 0 Å². The van der Waals surface area contributed by atoms with Gasteiger partial charge in [-0.25, -0.2) is 15.0 Å². The number of morpholine rings is 1. The predicted molar refractivity (Wildman–Crippen MR) is 109 cm³/mol. The Hall–Kier alpha value is -2.71. The van der Waals surface area contributed by atoms with Gasteiger partial charge in [0.2, 0.25) is 5.95 Å². The summed E-state index contributed by atoms with van der Waals surface area (Å²) in [5.41, 5.74) is 1.02. The van der Waals surface area contributed by atoms with Crippen molar-refractivity contribution in [3.63, 3.8) is 0 Å². The molecule has 0 amide bonds. The van der Waals surface area contributed by atoms with Crippen LogP contribution in [0.25, 0.3) is 0 Å². The zero-order chi connectivity index (χ0) is 19.9. The van der Waals surface area contributed by atoms with Gasteiger partial charge >= 0.3 is 0 Å². The molecule has 4 rings (SSSR count). The first kappa shape index (κ1) is 19.6. The Morgan fingerprint density at radius 1 is 1.10 bits per heavy atom. The fraction of sp³-hybridized carbons (Fsp3) is 0.476. The molecule has 0 aliphatic carbocycles. The standard InChI is InChI=1S/C21H28N6O2/c1-18-3-4-20(29-18)16-26(9-2-8-25-10-7-22-17-25)15-19-5-6-23-21(24-19)27-11-13-28-14-12-27/h3-7,10,17H,2,8-9,11-16H2,1H3. The summed E-state index contributed by atoms with van der Waals surface area (Å²) in [5, 5.41) is 0. The molecule has 3 aromatic heterocycles. The maximum Gasteiger partial charge on any atom is 0.225 e. The fourth-order valence-electron chi connectivity index (χ4n) is 3.52. The van der Waals surface area contributed by atoms with Crippen LogP contribution in [-0.4, -0.2) is 57.3 Å². The molecule has 0 radical (unpaired) electrons. The van der Waals surface area contributed by atoms with E-state index in [1.165, 1.54) is 0 Å². The largest absolute Gasteiger partial charge is 0.465 e. The van der Waals surface area contributed by atoms with Crippen LogP contribution in [0, 0.1) is 6.92 Å². The van der Waals surface area contributed by atoms with Gasteiger partial charge in [-0.1, -0.05) is 0 Å². The van der Waals surface area contributed by atoms with E-state index in [9.17, 15) is 0 Å². The molecule has 1 aliphatic heterocycles. The van der Waals surface area contributed by atoms with Crippen molar-refractivity contribution in [2.24, 2.45) is 0 Å². The molecular formula is C21H28N6O2. The first-order chi connectivity index (χ1) is 14.3. The third-order valence-electron chi connectivity index (χ3n) is 5.01. The summed E-state index contributed by atoms with van der Waals surface area (Å²) in [6, 6.07) is 6.07. The van der Waals surface area contributed by atoms with Crippen molar-refractivity contribution in [3.8, 4) is 0 Å². The molecule has 0 unspecified atom stereocenters. The van der Waals surface area contributed by atoms with Crippen molar-refractivity contribution in [2.75, 3.05) is 37.7 Å². The van der Waals surface area contributed by atoms with Gasteiger partial charge in [-0.3, -0.25) is 4.90 Å². The lowest BCUT2D eigenvalue weighted by Crippen LogP contribution is -2.37. The minimum absolute atomic E-state index is 0.728. The van der Waals surface area contributed by atoms with Crippen LogP contribution in [-0.2, 0) is 24.4 Å². The zero-order valence-electron chi connectivity index (χ0n) is 16.9. The molecule has 1 fully saturated rings. The second-order valence-corrected chi connectivity index (χ2v) is 7.32. The molecule has 0 aromatic carbocycles. The Morgan fingerprint density at radius 2 is 2.00 bits per heavy atom. The van der Waals surface area contributed by atoms with Crippen LogP contribution in [0.1, 0.15) is 23.6 Å². The van der Waals surface area contributed by atoms with Gasteiger partial charge in [0.15, 0.2) is 0 Å². The Kier molecular flexibility index (Phi) is 6.53. The Labute approximate surface area is 171 Å². The number of imidazole rings is 1. The maximum absolute atomic E-state index is 5.81.